The highest BCUT2D eigenvalue weighted by molar-refractivity contribution is 5.49. The van der Waals surface area contributed by atoms with Crippen molar-refractivity contribution in [3.63, 3.8) is 0 Å². The van der Waals surface area contributed by atoms with Crippen LogP contribution in [0.5, 0.6) is 0 Å². The topological polar surface area (TPSA) is 55.3 Å². The van der Waals surface area contributed by atoms with Gasteiger partial charge in [-0.25, -0.2) is 4.98 Å². The van der Waals surface area contributed by atoms with Gasteiger partial charge in [-0.3, -0.25) is 0 Å². The van der Waals surface area contributed by atoms with Gasteiger partial charge in [0.1, 0.15) is 11.6 Å². The molecule has 1 saturated carbocycles. The second-order valence-electron chi connectivity index (χ2n) is 4.96. The Kier molecular flexibility index (Phi) is 3.51. The molecule has 1 aliphatic carbocycles. The Morgan fingerprint density at radius 2 is 2.21 bits per heavy atom. The summed E-state index contributed by atoms with van der Waals surface area (Å²) in [5.41, 5.74) is 6.92. The molecule has 0 atom stereocenters. The Morgan fingerprint density at radius 3 is 2.89 bits per heavy atom. The fraction of sp³-hybridized carbons (Fsp3) is 0.400. The maximum Gasteiger partial charge on any atom is 0.132 e. The highest BCUT2D eigenvalue weighted by atomic mass is 16.3. The van der Waals surface area contributed by atoms with Crippen molar-refractivity contribution in [2.45, 2.75) is 31.8 Å². The van der Waals surface area contributed by atoms with Gasteiger partial charge in [0.05, 0.1) is 12.8 Å². The molecule has 0 aliphatic heterocycles. The normalized spacial score (nSPS) is 14.6. The van der Waals surface area contributed by atoms with Crippen molar-refractivity contribution >= 4 is 5.82 Å². The molecule has 100 valence electrons. The average Bonchev–Trinajstić information content (AvgIpc) is 3.15. The molecular weight excluding hydrogens is 238 g/mol. The van der Waals surface area contributed by atoms with Crippen LogP contribution in [0.1, 0.15) is 24.2 Å². The van der Waals surface area contributed by atoms with E-state index >= 15 is 0 Å². The molecule has 4 nitrogen and oxygen atoms in total. The van der Waals surface area contributed by atoms with Crippen molar-refractivity contribution in [1.29, 1.82) is 0 Å². The summed E-state index contributed by atoms with van der Waals surface area (Å²) in [5.74, 6) is 2.04. The highest BCUT2D eigenvalue weighted by Gasteiger charge is 2.31. The Balaban J connectivity index is 1.87. The summed E-state index contributed by atoms with van der Waals surface area (Å²) >= 11 is 0. The third-order valence-electron chi connectivity index (χ3n) is 3.45. The van der Waals surface area contributed by atoms with Gasteiger partial charge in [-0.15, -0.1) is 0 Å². The quantitative estimate of drug-likeness (QED) is 0.863. The first-order chi connectivity index (χ1) is 9.38. The van der Waals surface area contributed by atoms with Crippen molar-refractivity contribution in [1.82, 2.24) is 4.98 Å². The summed E-state index contributed by atoms with van der Waals surface area (Å²) in [4.78, 5) is 6.92. The zero-order chi connectivity index (χ0) is 13.1. The number of rotatable bonds is 6. The van der Waals surface area contributed by atoms with Gasteiger partial charge in [-0.2, -0.15) is 0 Å². The average molecular weight is 257 g/mol. The van der Waals surface area contributed by atoms with E-state index < -0.39 is 0 Å². The van der Waals surface area contributed by atoms with Crippen molar-refractivity contribution in [3.8, 4) is 0 Å². The summed E-state index contributed by atoms with van der Waals surface area (Å²) in [5, 5.41) is 0. The highest BCUT2D eigenvalue weighted by Crippen LogP contribution is 2.33. The summed E-state index contributed by atoms with van der Waals surface area (Å²) < 4.78 is 5.47. The van der Waals surface area contributed by atoms with Gasteiger partial charge in [0, 0.05) is 12.2 Å². The van der Waals surface area contributed by atoms with Crippen molar-refractivity contribution in [2.24, 2.45) is 5.73 Å². The molecule has 0 aromatic carbocycles. The second-order valence-corrected chi connectivity index (χ2v) is 4.96. The number of hydrogen-bond donors (Lipinski definition) is 1. The standard InChI is InChI=1S/C15H19N3O/c16-8-7-12-3-1-9-17-15(12)18(13-5-6-13)11-14-4-2-10-19-14/h1-4,9-10,13H,5-8,11,16H2. The lowest BCUT2D eigenvalue weighted by Crippen LogP contribution is -2.27. The van der Waals surface area contributed by atoms with E-state index in [1.165, 1.54) is 18.4 Å². The van der Waals surface area contributed by atoms with Crippen LogP contribution in [0.4, 0.5) is 5.82 Å². The lowest BCUT2D eigenvalue weighted by molar-refractivity contribution is 0.500. The predicted octanol–water partition coefficient (Wildman–Crippen LogP) is 2.34. The van der Waals surface area contributed by atoms with Gasteiger partial charge in [0.25, 0.3) is 0 Å². The number of furan rings is 1. The van der Waals surface area contributed by atoms with E-state index in [0.29, 0.717) is 12.6 Å². The molecular formula is C15H19N3O. The van der Waals surface area contributed by atoms with Crippen LogP contribution >= 0.6 is 0 Å². The van der Waals surface area contributed by atoms with Crippen LogP contribution in [-0.4, -0.2) is 17.6 Å². The number of pyridine rings is 1. The number of anilines is 1. The minimum atomic E-state index is 0.594. The monoisotopic (exact) mass is 257 g/mol. The number of hydrogen-bond acceptors (Lipinski definition) is 4. The van der Waals surface area contributed by atoms with Crippen LogP contribution in [0.2, 0.25) is 0 Å². The van der Waals surface area contributed by atoms with Crippen LogP contribution in [0, 0.1) is 0 Å². The van der Waals surface area contributed by atoms with E-state index in [9.17, 15) is 0 Å². The van der Waals surface area contributed by atoms with Gasteiger partial charge >= 0.3 is 0 Å². The van der Waals surface area contributed by atoms with Crippen LogP contribution in [0.15, 0.2) is 41.1 Å². The Hall–Kier alpha value is -1.81. The fourth-order valence-electron chi connectivity index (χ4n) is 2.37. The van der Waals surface area contributed by atoms with E-state index in [4.69, 9.17) is 10.2 Å². The maximum atomic E-state index is 5.69. The van der Waals surface area contributed by atoms with Gasteiger partial charge in [0.15, 0.2) is 0 Å². The molecule has 2 N–H and O–H groups in total. The van der Waals surface area contributed by atoms with E-state index in [2.05, 4.69) is 16.0 Å². The fourth-order valence-corrected chi connectivity index (χ4v) is 2.37. The maximum absolute atomic E-state index is 5.69. The molecule has 0 spiro atoms. The summed E-state index contributed by atoms with van der Waals surface area (Å²) in [7, 11) is 0. The first kappa shape index (κ1) is 12.2. The molecule has 3 rings (SSSR count). The van der Waals surface area contributed by atoms with Crippen molar-refractivity contribution in [3.05, 3.63) is 48.0 Å². The Labute approximate surface area is 113 Å². The van der Waals surface area contributed by atoms with Gasteiger partial charge in [-0.05, 0) is 49.6 Å². The summed E-state index contributed by atoms with van der Waals surface area (Å²) in [6, 6.07) is 8.64. The van der Waals surface area contributed by atoms with Gasteiger partial charge in [0.2, 0.25) is 0 Å². The van der Waals surface area contributed by atoms with Crippen LogP contribution in [0.25, 0.3) is 0 Å². The first-order valence-corrected chi connectivity index (χ1v) is 6.81. The lowest BCUT2D eigenvalue weighted by Gasteiger charge is -2.24. The number of nitrogens with zero attached hydrogens (tertiary/aromatic N) is 2. The third-order valence-corrected chi connectivity index (χ3v) is 3.45. The van der Waals surface area contributed by atoms with E-state index in [-0.39, 0.29) is 0 Å². The Bertz CT molecular complexity index is 520. The van der Waals surface area contributed by atoms with Crippen LogP contribution < -0.4 is 10.6 Å². The molecule has 0 bridgehead atoms. The molecule has 0 amide bonds. The molecule has 0 saturated heterocycles. The minimum Gasteiger partial charge on any atom is -0.467 e. The molecule has 1 fully saturated rings. The summed E-state index contributed by atoms with van der Waals surface area (Å²) in [6.07, 6.45) is 6.91. The minimum absolute atomic E-state index is 0.594. The van der Waals surface area contributed by atoms with Gasteiger partial charge < -0.3 is 15.1 Å². The van der Waals surface area contributed by atoms with Crippen LogP contribution in [0.3, 0.4) is 0 Å². The zero-order valence-corrected chi connectivity index (χ0v) is 11.0. The lowest BCUT2D eigenvalue weighted by atomic mass is 10.1. The molecule has 0 unspecified atom stereocenters. The molecule has 0 radical (unpaired) electrons. The van der Waals surface area contributed by atoms with E-state index in [1.54, 1.807) is 6.26 Å². The molecule has 2 heterocycles. The molecule has 2 aromatic rings. The molecule has 4 heteroatoms. The SMILES string of the molecule is NCCc1cccnc1N(Cc1ccco1)C1CC1. The summed E-state index contributed by atoms with van der Waals surface area (Å²) in [6.45, 7) is 1.43. The second kappa shape index (κ2) is 5.45. The zero-order valence-electron chi connectivity index (χ0n) is 11.0. The van der Waals surface area contributed by atoms with E-state index in [0.717, 1.165) is 24.5 Å². The molecule has 2 aromatic heterocycles. The smallest absolute Gasteiger partial charge is 0.132 e. The van der Waals surface area contributed by atoms with Crippen LogP contribution in [-0.2, 0) is 13.0 Å². The number of nitrogens with two attached hydrogens (primary N) is 1. The predicted molar refractivity (Wildman–Crippen MR) is 74.9 cm³/mol. The van der Waals surface area contributed by atoms with Gasteiger partial charge in [-0.1, -0.05) is 6.07 Å². The van der Waals surface area contributed by atoms with Crippen molar-refractivity contribution < 1.29 is 4.42 Å². The largest absolute Gasteiger partial charge is 0.467 e. The van der Waals surface area contributed by atoms with Crippen molar-refractivity contribution in [2.75, 3.05) is 11.4 Å². The molecule has 1 aliphatic rings. The number of aromatic nitrogens is 1. The first-order valence-electron chi connectivity index (χ1n) is 6.81. The van der Waals surface area contributed by atoms with E-state index in [1.807, 2.05) is 24.4 Å². The third kappa shape index (κ3) is 2.79. The molecule has 19 heavy (non-hydrogen) atoms. The Morgan fingerprint density at radius 1 is 1.32 bits per heavy atom.